The van der Waals surface area contributed by atoms with Crippen molar-refractivity contribution in [3.05, 3.63) is 29.6 Å². The molecule has 1 aromatic heterocycles. The van der Waals surface area contributed by atoms with Crippen LogP contribution < -0.4 is 5.32 Å². The molecule has 0 spiro atoms. The highest BCUT2D eigenvalue weighted by atomic mass is 16.4. The highest BCUT2D eigenvalue weighted by molar-refractivity contribution is 5.85. The van der Waals surface area contributed by atoms with Gasteiger partial charge < -0.3 is 15.3 Å². The number of amides is 1. The average molecular weight is 237 g/mol. The fourth-order valence-corrected chi connectivity index (χ4v) is 1.15. The topological polar surface area (TPSA) is 82.5 Å². The van der Waals surface area contributed by atoms with Gasteiger partial charge in [-0.15, -0.1) is 0 Å². The summed E-state index contributed by atoms with van der Waals surface area (Å²) in [5.41, 5.74) is 0.597. The number of carboxylic acid groups (broad SMARTS) is 1. The van der Waals surface area contributed by atoms with Crippen LogP contribution in [0.3, 0.4) is 0 Å². The molecule has 2 N–H and O–H groups in total. The largest absolute Gasteiger partial charge is 0.477 e. The second kappa shape index (κ2) is 5.95. The number of carbonyl (C=O) groups excluding carboxylic acids is 1. The summed E-state index contributed by atoms with van der Waals surface area (Å²) < 4.78 is 0. The van der Waals surface area contributed by atoms with E-state index in [-0.39, 0.29) is 18.1 Å². The second-order valence-corrected chi connectivity index (χ2v) is 3.71. The Bertz CT molecular complexity index is 418. The van der Waals surface area contributed by atoms with E-state index in [1.807, 2.05) is 0 Å². The normalized spacial score (nSPS) is 10.0. The number of carbonyl (C=O) groups is 2. The number of likely N-dealkylation sites (N-methyl/N-ethyl adjacent to an activating group) is 1. The molecule has 0 radical (unpaired) electrons. The Morgan fingerprint density at radius 1 is 1.41 bits per heavy atom. The van der Waals surface area contributed by atoms with E-state index in [0.717, 1.165) is 0 Å². The van der Waals surface area contributed by atoms with Crippen molar-refractivity contribution in [2.75, 3.05) is 20.6 Å². The summed E-state index contributed by atoms with van der Waals surface area (Å²) in [6.45, 7) is 0.562. The molecule has 0 bridgehead atoms. The van der Waals surface area contributed by atoms with Crippen molar-refractivity contribution < 1.29 is 14.7 Å². The first kappa shape index (κ1) is 13.1. The van der Waals surface area contributed by atoms with Gasteiger partial charge in [-0.1, -0.05) is 6.07 Å². The molecular formula is C11H15N3O3. The lowest BCUT2D eigenvalue weighted by atomic mass is 10.3. The quantitative estimate of drug-likeness (QED) is 0.750. The molecular weight excluding hydrogens is 222 g/mol. The lowest BCUT2D eigenvalue weighted by molar-refractivity contribution is -0.127. The van der Waals surface area contributed by atoms with Crippen molar-refractivity contribution in [2.24, 2.45) is 0 Å². The standard InChI is InChI=1S/C11H15N3O3/c1-14(2)10(15)7-12-6-8-4-3-5-9(13-8)11(16)17/h3-5,12H,6-7H2,1-2H3,(H,16,17). The van der Waals surface area contributed by atoms with Gasteiger partial charge in [0.15, 0.2) is 0 Å². The molecule has 92 valence electrons. The van der Waals surface area contributed by atoms with Crippen LogP contribution in [-0.4, -0.2) is 47.5 Å². The van der Waals surface area contributed by atoms with Gasteiger partial charge >= 0.3 is 5.97 Å². The van der Waals surface area contributed by atoms with Gasteiger partial charge in [-0.2, -0.15) is 0 Å². The lowest BCUT2D eigenvalue weighted by Gasteiger charge is -2.10. The molecule has 1 rings (SSSR count). The zero-order valence-corrected chi connectivity index (χ0v) is 9.80. The van der Waals surface area contributed by atoms with Crippen LogP contribution in [0.25, 0.3) is 0 Å². The number of nitrogens with zero attached hydrogens (tertiary/aromatic N) is 2. The van der Waals surface area contributed by atoms with Crippen LogP contribution in [0.15, 0.2) is 18.2 Å². The smallest absolute Gasteiger partial charge is 0.354 e. The molecule has 1 aromatic rings. The van der Waals surface area contributed by atoms with E-state index in [1.54, 1.807) is 26.2 Å². The van der Waals surface area contributed by atoms with Crippen LogP contribution in [0.1, 0.15) is 16.2 Å². The SMILES string of the molecule is CN(C)C(=O)CNCc1cccc(C(=O)O)n1. The predicted molar refractivity (Wildman–Crippen MR) is 61.6 cm³/mol. The van der Waals surface area contributed by atoms with E-state index >= 15 is 0 Å². The number of hydrogen-bond donors (Lipinski definition) is 2. The lowest BCUT2D eigenvalue weighted by Crippen LogP contribution is -2.32. The molecule has 6 heteroatoms. The van der Waals surface area contributed by atoms with E-state index in [9.17, 15) is 9.59 Å². The van der Waals surface area contributed by atoms with E-state index in [4.69, 9.17) is 5.11 Å². The Kier molecular flexibility index (Phi) is 4.59. The number of rotatable bonds is 5. The van der Waals surface area contributed by atoms with E-state index < -0.39 is 5.97 Å². The molecule has 1 heterocycles. The summed E-state index contributed by atoms with van der Waals surface area (Å²) in [6, 6.07) is 4.76. The van der Waals surface area contributed by atoms with Crippen molar-refractivity contribution in [3.63, 3.8) is 0 Å². The Labute approximate surface area is 99.3 Å². The van der Waals surface area contributed by atoms with Gasteiger partial charge in [-0.3, -0.25) is 4.79 Å². The maximum absolute atomic E-state index is 11.3. The highest BCUT2D eigenvalue weighted by Crippen LogP contribution is 1.99. The van der Waals surface area contributed by atoms with Crippen LogP contribution in [0.5, 0.6) is 0 Å². The summed E-state index contributed by atoms with van der Waals surface area (Å²) in [6.07, 6.45) is 0. The molecule has 6 nitrogen and oxygen atoms in total. The molecule has 0 aliphatic carbocycles. The van der Waals surface area contributed by atoms with Crippen LogP contribution in [0, 0.1) is 0 Å². The molecule has 1 amide bonds. The van der Waals surface area contributed by atoms with Crippen LogP contribution in [-0.2, 0) is 11.3 Å². The molecule has 0 unspecified atom stereocenters. The fourth-order valence-electron chi connectivity index (χ4n) is 1.15. The minimum absolute atomic E-state index is 0.00300. The summed E-state index contributed by atoms with van der Waals surface area (Å²) in [4.78, 5) is 27.3. The number of nitrogens with one attached hydrogen (secondary N) is 1. The molecule has 0 aliphatic heterocycles. The first-order chi connectivity index (χ1) is 8.00. The predicted octanol–water partition coefficient (Wildman–Crippen LogP) is -0.0424. The molecule has 0 aromatic carbocycles. The van der Waals surface area contributed by atoms with Crippen LogP contribution in [0.4, 0.5) is 0 Å². The monoisotopic (exact) mass is 237 g/mol. The van der Waals surface area contributed by atoms with Crippen molar-refractivity contribution >= 4 is 11.9 Å². The zero-order chi connectivity index (χ0) is 12.8. The van der Waals surface area contributed by atoms with Crippen molar-refractivity contribution in [1.29, 1.82) is 0 Å². The molecule has 17 heavy (non-hydrogen) atoms. The summed E-state index contributed by atoms with van der Waals surface area (Å²) in [5, 5.41) is 11.7. The van der Waals surface area contributed by atoms with E-state index in [2.05, 4.69) is 10.3 Å². The number of pyridine rings is 1. The first-order valence-corrected chi connectivity index (χ1v) is 5.11. The maximum Gasteiger partial charge on any atom is 0.354 e. The van der Waals surface area contributed by atoms with Crippen LogP contribution in [0.2, 0.25) is 0 Å². The third-order valence-electron chi connectivity index (χ3n) is 2.11. The van der Waals surface area contributed by atoms with E-state index in [0.29, 0.717) is 12.2 Å². The third kappa shape index (κ3) is 4.20. The van der Waals surface area contributed by atoms with Gasteiger partial charge in [-0.25, -0.2) is 9.78 Å². The van der Waals surface area contributed by atoms with Crippen molar-refractivity contribution in [3.8, 4) is 0 Å². The Hall–Kier alpha value is -1.95. The first-order valence-electron chi connectivity index (χ1n) is 5.11. The van der Waals surface area contributed by atoms with Gasteiger partial charge in [-0.05, 0) is 12.1 Å². The molecule has 0 fully saturated rings. The average Bonchev–Trinajstić information content (AvgIpc) is 2.29. The minimum Gasteiger partial charge on any atom is -0.477 e. The summed E-state index contributed by atoms with van der Waals surface area (Å²) in [5.74, 6) is -1.10. The Balaban J connectivity index is 2.50. The van der Waals surface area contributed by atoms with Gasteiger partial charge in [0.25, 0.3) is 0 Å². The number of carboxylic acids is 1. The number of aromatic nitrogens is 1. The van der Waals surface area contributed by atoms with E-state index in [1.165, 1.54) is 11.0 Å². The number of hydrogen-bond acceptors (Lipinski definition) is 4. The molecule has 0 saturated heterocycles. The zero-order valence-electron chi connectivity index (χ0n) is 9.80. The summed E-state index contributed by atoms with van der Waals surface area (Å²) >= 11 is 0. The fraction of sp³-hybridized carbons (Fsp3) is 0.364. The van der Waals surface area contributed by atoms with Crippen molar-refractivity contribution in [1.82, 2.24) is 15.2 Å². The van der Waals surface area contributed by atoms with Crippen molar-refractivity contribution in [2.45, 2.75) is 6.54 Å². The summed E-state index contributed by atoms with van der Waals surface area (Å²) in [7, 11) is 3.35. The highest BCUT2D eigenvalue weighted by Gasteiger charge is 2.06. The molecule has 0 aliphatic rings. The van der Waals surface area contributed by atoms with Gasteiger partial charge in [0.1, 0.15) is 5.69 Å². The minimum atomic E-state index is -1.06. The van der Waals surface area contributed by atoms with Gasteiger partial charge in [0, 0.05) is 20.6 Å². The number of aromatic carboxylic acids is 1. The van der Waals surface area contributed by atoms with Crippen LogP contribution >= 0.6 is 0 Å². The van der Waals surface area contributed by atoms with Gasteiger partial charge in [0.05, 0.1) is 12.2 Å². The Morgan fingerprint density at radius 2 is 2.12 bits per heavy atom. The van der Waals surface area contributed by atoms with Gasteiger partial charge in [0.2, 0.25) is 5.91 Å². The maximum atomic E-state index is 11.3. The second-order valence-electron chi connectivity index (χ2n) is 3.71. The molecule has 0 atom stereocenters. The Morgan fingerprint density at radius 3 is 2.71 bits per heavy atom. The molecule has 0 saturated carbocycles. The third-order valence-corrected chi connectivity index (χ3v) is 2.11.